The van der Waals surface area contributed by atoms with Crippen molar-refractivity contribution >= 4 is 39.6 Å². The van der Waals surface area contributed by atoms with Gasteiger partial charge in [0.25, 0.3) is 11.8 Å². The Hall–Kier alpha value is -4.57. The van der Waals surface area contributed by atoms with E-state index in [9.17, 15) is 9.59 Å². The van der Waals surface area contributed by atoms with Gasteiger partial charge in [0.1, 0.15) is 17.0 Å². The number of carbonyl (C=O) groups excluding carboxylic acids is 2. The molecule has 1 saturated heterocycles. The molecule has 2 amide bonds. The summed E-state index contributed by atoms with van der Waals surface area (Å²) in [5.74, 6) is 1.12. The van der Waals surface area contributed by atoms with Crippen LogP contribution in [0.15, 0.2) is 67.1 Å². The molecule has 0 radical (unpaired) electrons. The highest BCUT2D eigenvalue weighted by atomic mass is 16.2. The first kappa shape index (κ1) is 24.7. The Balaban J connectivity index is 1.11. The van der Waals surface area contributed by atoms with Crippen LogP contribution >= 0.6 is 0 Å². The zero-order chi connectivity index (χ0) is 26.8. The average Bonchev–Trinajstić information content (AvgIpc) is 3.56. The van der Waals surface area contributed by atoms with Crippen molar-refractivity contribution in [2.75, 3.05) is 25.0 Å². The van der Waals surface area contributed by atoms with Gasteiger partial charge >= 0.3 is 0 Å². The number of piperidine rings is 1. The SMILES string of the molecule is Cn1ccnc1CN1CCCC(CNC(=O)c2cccc3[nH]c(NC(=O)c4cc5ccccc5cn4)nc23)C1. The summed E-state index contributed by atoms with van der Waals surface area (Å²) >= 11 is 0. The summed E-state index contributed by atoms with van der Waals surface area (Å²) in [6, 6.07) is 14.9. The van der Waals surface area contributed by atoms with Crippen LogP contribution in [0.3, 0.4) is 0 Å². The van der Waals surface area contributed by atoms with E-state index in [0.29, 0.717) is 29.1 Å². The van der Waals surface area contributed by atoms with Gasteiger partial charge in [0.2, 0.25) is 5.95 Å². The molecule has 3 N–H and O–H groups in total. The van der Waals surface area contributed by atoms with E-state index >= 15 is 0 Å². The fourth-order valence-corrected chi connectivity index (χ4v) is 5.20. The number of rotatable bonds is 7. The summed E-state index contributed by atoms with van der Waals surface area (Å²) in [5, 5.41) is 7.77. The first-order chi connectivity index (χ1) is 19.0. The second-order valence-electron chi connectivity index (χ2n) is 10.1. The number of fused-ring (bicyclic) bond motifs is 2. The van der Waals surface area contributed by atoms with Crippen LogP contribution < -0.4 is 10.6 Å². The molecule has 0 bridgehead atoms. The first-order valence-electron chi connectivity index (χ1n) is 13.1. The van der Waals surface area contributed by atoms with Crippen molar-refractivity contribution < 1.29 is 9.59 Å². The Morgan fingerprint density at radius 1 is 1.08 bits per heavy atom. The van der Waals surface area contributed by atoms with E-state index in [4.69, 9.17) is 0 Å². The zero-order valence-corrected chi connectivity index (χ0v) is 21.7. The lowest BCUT2D eigenvalue weighted by atomic mass is 9.98. The molecule has 4 heterocycles. The number of amides is 2. The van der Waals surface area contributed by atoms with Gasteiger partial charge in [-0.25, -0.2) is 9.97 Å². The topological polar surface area (TPSA) is 121 Å². The van der Waals surface area contributed by atoms with E-state index in [2.05, 4.69) is 35.5 Å². The van der Waals surface area contributed by atoms with Crippen LogP contribution in [0.25, 0.3) is 21.8 Å². The number of carbonyl (C=O) groups is 2. The van der Waals surface area contributed by atoms with Crippen molar-refractivity contribution in [1.82, 2.24) is 34.7 Å². The number of para-hydroxylation sites is 1. The highest BCUT2D eigenvalue weighted by Gasteiger charge is 2.22. The maximum absolute atomic E-state index is 13.2. The third kappa shape index (κ3) is 5.37. The smallest absolute Gasteiger partial charge is 0.276 e. The van der Waals surface area contributed by atoms with Gasteiger partial charge in [-0.15, -0.1) is 0 Å². The van der Waals surface area contributed by atoms with Crippen LogP contribution in [-0.2, 0) is 13.6 Å². The lowest BCUT2D eigenvalue weighted by molar-refractivity contribution is 0.0930. The third-order valence-electron chi connectivity index (χ3n) is 7.29. The Morgan fingerprint density at radius 3 is 2.79 bits per heavy atom. The highest BCUT2D eigenvalue weighted by Crippen LogP contribution is 2.21. The largest absolute Gasteiger partial charge is 0.352 e. The van der Waals surface area contributed by atoms with E-state index in [1.807, 2.05) is 54.3 Å². The maximum Gasteiger partial charge on any atom is 0.276 e. The second kappa shape index (κ2) is 10.7. The number of imidazole rings is 2. The van der Waals surface area contributed by atoms with E-state index < -0.39 is 0 Å². The Bertz CT molecular complexity index is 1660. The number of nitrogens with one attached hydrogen (secondary N) is 3. The summed E-state index contributed by atoms with van der Waals surface area (Å²) in [7, 11) is 2.01. The molecule has 1 atom stereocenters. The minimum absolute atomic E-state index is 0.178. The predicted octanol–water partition coefficient (Wildman–Crippen LogP) is 3.74. The third-order valence-corrected chi connectivity index (χ3v) is 7.29. The van der Waals surface area contributed by atoms with Crippen LogP contribution in [-0.4, -0.2) is 60.9 Å². The fraction of sp³-hybridized carbons (Fsp3) is 0.276. The number of aryl methyl sites for hydroxylation is 1. The van der Waals surface area contributed by atoms with Gasteiger partial charge < -0.3 is 14.9 Å². The van der Waals surface area contributed by atoms with Gasteiger partial charge in [0.15, 0.2) is 0 Å². The summed E-state index contributed by atoms with van der Waals surface area (Å²) in [6.07, 6.45) is 7.63. The van der Waals surface area contributed by atoms with Gasteiger partial charge in [-0.1, -0.05) is 30.3 Å². The Kier molecular flexibility index (Phi) is 6.76. The summed E-state index contributed by atoms with van der Waals surface area (Å²) in [5.41, 5.74) is 1.94. The average molecular weight is 523 g/mol. The standard InChI is InChI=1S/C29H30N8O2/c1-36-13-11-30-25(36)18-37-12-5-6-19(17-37)15-32-27(38)22-9-4-10-23-26(22)34-29(33-23)35-28(39)24-14-20-7-2-3-8-21(20)16-31-24/h2-4,7-11,13-14,16,19H,5-6,12,15,17-18H2,1H3,(H,32,38)(H2,33,34,35,39). The molecule has 1 unspecified atom stereocenters. The highest BCUT2D eigenvalue weighted by molar-refractivity contribution is 6.07. The molecular weight excluding hydrogens is 492 g/mol. The summed E-state index contributed by atoms with van der Waals surface area (Å²) in [4.78, 5) is 44.8. The summed E-state index contributed by atoms with van der Waals surface area (Å²) in [6.45, 7) is 3.35. The van der Waals surface area contributed by atoms with Crippen molar-refractivity contribution in [3.63, 3.8) is 0 Å². The maximum atomic E-state index is 13.2. The molecule has 198 valence electrons. The molecule has 39 heavy (non-hydrogen) atoms. The number of benzene rings is 2. The molecule has 0 spiro atoms. The number of H-pyrrole nitrogens is 1. The van der Waals surface area contributed by atoms with Crippen molar-refractivity contribution in [2.45, 2.75) is 19.4 Å². The predicted molar refractivity (Wildman–Crippen MR) is 149 cm³/mol. The minimum atomic E-state index is -0.377. The van der Waals surface area contributed by atoms with Crippen LogP contribution in [0.1, 0.15) is 39.5 Å². The molecule has 6 rings (SSSR count). The van der Waals surface area contributed by atoms with Crippen molar-refractivity contribution in [1.29, 1.82) is 0 Å². The van der Waals surface area contributed by atoms with Gasteiger partial charge in [-0.05, 0) is 48.9 Å². The Labute approximate surface area is 225 Å². The molecule has 0 saturated carbocycles. The van der Waals surface area contributed by atoms with Gasteiger partial charge in [-0.3, -0.25) is 24.8 Å². The molecule has 3 aromatic heterocycles. The Morgan fingerprint density at radius 2 is 1.95 bits per heavy atom. The number of hydrogen-bond donors (Lipinski definition) is 3. The van der Waals surface area contributed by atoms with E-state index in [0.717, 1.165) is 49.1 Å². The van der Waals surface area contributed by atoms with E-state index in [1.54, 1.807) is 24.4 Å². The van der Waals surface area contributed by atoms with Crippen LogP contribution in [0, 0.1) is 5.92 Å². The quantitative estimate of drug-likeness (QED) is 0.300. The number of likely N-dealkylation sites (tertiary alicyclic amines) is 1. The number of nitrogens with zero attached hydrogens (tertiary/aromatic N) is 5. The van der Waals surface area contributed by atoms with Gasteiger partial charge in [0, 0.05) is 44.1 Å². The minimum Gasteiger partial charge on any atom is -0.352 e. The van der Waals surface area contributed by atoms with Crippen LogP contribution in [0.4, 0.5) is 5.95 Å². The van der Waals surface area contributed by atoms with E-state index in [-0.39, 0.29) is 23.5 Å². The number of aromatic amines is 1. The molecule has 1 aliphatic heterocycles. The van der Waals surface area contributed by atoms with Crippen molar-refractivity contribution in [3.8, 4) is 0 Å². The monoisotopic (exact) mass is 522 g/mol. The normalized spacial score (nSPS) is 16.0. The lowest BCUT2D eigenvalue weighted by Gasteiger charge is -2.32. The second-order valence-corrected chi connectivity index (χ2v) is 10.1. The fourth-order valence-electron chi connectivity index (χ4n) is 5.20. The molecule has 1 aliphatic rings. The molecule has 2 aromatic carbocycles. The molecule has 0 aliphatic carbocycles. The summed E-state index contributed by atoms with van der Waals surface area (Å²) < 4.78 is 2.05. The molecule has 10 heteroatoms. The molecule has 10 nitrogen and oxygen atoms in total. The van der Waals surface area contributed by atoms with Crippen molar-refractivity contribution in [3.05, 3.63) is 84.2 Å². The molecule has 1 fully saturated rings. The lowest BCUT2D eigenvalue weighted by Crippen LogP contribution is -2.41. The van der Waals surface area contributed by atoms with Crippen molar-refractivity contribution in [2.24, 2.45) is 13.0 Å². The van der Waals surface area contributed by atoms with Crippen LogP contribution in [0.5, 0.6) is 0 Å². The molecular formula is C29H30N8O2. The van der Waals surface area contributed by atoms with Crippen LogP contribution in [0.2, 0.25) is 0 Å². The first-order valence-corrected chi connectivity index (χ1v) is 13.1. The number of pyridine rings is 1. The zero-order valence-electron chi connectivity index (χ0n) is 21.7. The van der Waals surface area contributed by atoms with E-state index in [1.165, 1.54) is 0 Å². The molecule has 5 aromatic rings. The number of hydrogen-bond acceptors (Lipinski definition) is 6. The number of aromatic nitrogens is 5. The van der Waals surface area contributed by atoms with Gasteiger partial charge in [-0.2, -0.15) is 0 Å². The van der Waals surface area contributed by atoms with Gasteiger partial charge in [0.05, 0.1) is 17.6 Å². The number of anilines is 1.